The molecule has 2 N–H and O–H groups in total. The number of allylic oxidation sites excluding steroid dienone is 1. The highest BCUT2D eigenvalue weighted by molar-refractivity contribution is 7.99. The van der Waals surface area contributed by atoms with Gasteiger partial charge in [0, 0.05) is 12.2 Å². The predicted octanol–water partition coefficient (Wildman–Crippen LogP) is 4.34. The molecular weight excluding hydrogens is 434 g/mol. The van der Waals surface area contributed by atoms with Gasteiger partial charge in [0.05, 0.1) is 22.9 Å². The molecule has 0 bridgehead atoms. The van der Waals surface area contributed by atoms with E-state index in [2.05, 4.69) is 27.4 Å². The van der Waals surface area contributed by atoms with Crippen LogP contribution < -0.4 is 10.6 Å². The second kappa shape index (κ2) is 10.8. The van der Waals surface area contributed by atoms with Gasteiger partial charge in [0.25, 0.3) is 0 Å². The molecule has 3 aromatic rings. The number of hydrogen-bond acceptors (Lipinski definition) is 5. The number of anilines is 2. The first-order chi connectivity index (χ1) is 15.0. The summed E-state index contributed by atoms with van der Waals surface area (Å²) in [5, 5.41) is 14.9. The minimum atomic E-state index is -0.264. The van der Waals surface area contributed by atoms with E-state index in [9.17, 15) is 9.59 Å². The first-order valence-corrected chi connectivity index (χ1v) is 10.9. The molecule has 2 aromatic carbocycles. The lowest BCUT2D eigenvalue weighted by Gasteiger charge is -2.10. The zero-order chi connectivity index (χ0) is 22.2. The van der Waals surface area contributed by atoms with Gasteiger partial charge in [-0.25, -0.2) is 0 Å². The number of nitrogens with zero attached hydrogens (tertiary/aromatic N) is 3. The van der Waals surface area contributed by atoms with Crippen molar-refractivity contribution in [3.8, 4) is 0 Å². The van der Waals surface area contributed by atoms with E-state index in [-0.39, 0.29) is 24.0 Å². The van der Waals surface area contributed by atoms with Gasteiger partial charge in [-0.1, -0.05) is 59.8 Å². The van der Waals surface area contributed by atoms with Gasteiger partial charge in [-0.05, 0) is 30.7 Å². The van der Waals surface area contributed by atoms with Crippen LogP contribution in [0, 0.1) is 6.92 Å². The Morgan fingerprint density at radius 2 is 1.74 bits per heavy atom. The van der Waals surface area contributed by atoms with Crippen LogP contribution in [0.15, 0.2) is 66.3 Å². The van der Waals surface area contributed by atoms with Gasteiger partial charge < -0.3 is 15.2 Å². The van der Waals surface area contributed by atoms with Crippen LogP contribution in [0.1, 0.15) is 11.4 Å². The first kappa shape index (κ1) is 22.6. The highest BCUT2D eigenvalue weighted by Crippen LogP contribution is 2.22. The third kappa shape index (κ3) is 6.19. The van der Waals surface area contributed by atoms with Crippen LogP contribution in [-0.4, -0.2) is 32.3 Å². The SMILES string of the molecule is C=CCn1c(CC(=O)Nc2ccccc2Cl)nnc1SCC(=O)Nc1ccccc1C. The number of aryl methyl sites for hydroxylation is 1. The third-order valence-electron chi connectivity index (χ3n) is 4.32. The first-order valence-electron chi connectivity index (χ1n) is 9.53. The average molecular weight is 456 g/mol. The van der Waals surface area contributed by atoms with E-state index in [1.54, 1.807) is 34.9 Å². The summed E-state index contributed by atoms with van der Waals surface area (Å²) in [5.41, 5.74) is 2.30. The number of carbonyl (C=O) groups excluding carboxylic acids is 2. The molecular formula is C22H22ClN5O2S. The normalized spacial score (nSPS) is 10.5. The van der Waals surface area contributed by atoms with Crippen LogP contribution in [0.2, 0.25) is 5.02 Å². The molecule has 1 heterocycles. The van der Waals surface area contributed by atoms with Gasteiger partial charge in [0.2, 0.25) is 11.8 Å². The van der Waals surface area contributed by atoms with E-state index in [1.807, 2.05) is 31.2 Å². The van der Waals surface area contributed by atoms with Crippen molar-refractivity contribution in [2.75, 3.05) is 16.4 Å². The number of halogens is 1. The molecule has 9 heteroatoms. The smallest absolute Gasteiger partial charge is 0.234 e. The third-order valence-corrected chi connectivity index (χ3v) is 5.62. The van der Waals surface area contributed by atoms with E-state index in [4.69, 9.17) is 11.6 Å². The maximum absolute atomic E-state index is 12.5. The summed E-state index contributed by atoms with van der Waals surface area (Å²) in [7, 11) is 0. The molecule has 0 radical (unpaired) electrons. The Morgan fingerprint density at radius 1 is 1.06 bits per heavy atom. The Labute approximate surface area is 189 Å². The molecule has 3 rings (SSSR count). The fourth-order valence-corrected chi connectivity index (χ4v) is 3.75. The van der Waals surface area contributed by atoms with E-state index in [1.165, 1.54) is 11.8 Å². The maximum atomic E-state index is 12.5. The molecule has 7 nitrogen and oxygen atoms in total. The molecule has 31 heavy (non-hydrogen) atoms. The standard InChI is InChI=1S/C22H22ClN5O2S/c1-3-12-28-19(13-20(29)25-18-11-7-5-9-16(18)23)26-27-22(28)31-14-21(30)24-17-10-6-4-8-15(17)2/h3-11H,1,12-14H2,2H3,(H,24,30)(H,25,29). The van der Waals surface area contributed by atoms with Crippen molar-refractivity contribution in [1.82, 2.24) is 14.8 Å². The Bertz CT molecular complexity index is 1100. The molecule has 0 atom stereocenters. The largest absolute Gasteiger partial charge is 0.325 e. The molecule has 0 aliphatic rings. The number of aromatic nitrogens is 3. The van der Waals surface area contributed by atoms with Crippen LogP contribution in [-0.2, 0) is 22.6 Å². The number of rotatable bonds is 9. The summed E-state index contributed by atoms with van der Waals surface area (Å²) in [6.45, 7) is 6.11. The fourth-order valence-electron chi connectivity index (χ4n) is 2.80. The highest BCUT2D eigenvalue weighted by atomic mass is 35.5. The van der Waals surface area contributed by atoms with Gasteiger partial charge in [-0.3, -0.25) is 9.59 Å². The second-order valence-corrected chi connectivity index (χ2v) is 8.00. The molecule has 0 spiro atoms. The molecule has 0 saturated carbocycles. The van der Waals surface area contributed by atoms with Crippen LogP contribution in [0.3, 0.4) is 0 Å². The molecule has 2 amide bonds. The summed E-state index contributed by atoms with van der Waals surface area (Å²) < 4.78 is 1.77. The van der Waals surface area contributed by atoms with E-state index < -0.39 is 0 Å². The lowest BCUT2D eigenvalue weighted by atomic mass is 10.2. The van der Waals surface area contributed by atoms with E-state index in [0.717, 1.165) is 11.3 Å². The van der Waals surface area contributed by atoms with Gasteiger partial charge >= 0.3 is 0 Å². The maximum Gasteiger partial charge on any atom is 0.234 e. The number of thioether (sulfide) groups is 1. The van der Waals surface area contributed by atoms with Gasteiger partial charge in [0.15, 0.2) is 5.16 Å². The van der Waals surface area contributed by atoms with E-state index in [0.29, 0.717) is 28.2 Å². The summed E-state index contributed by atoms with van der Waals surface area (Å²) in [5.74, 6) is 0.228. The van der Waals surface area contributed by atoms with Crippen molar-refractivity contribution < 1.29 is 9.59 Å². The zero-order valence-electron chi connectivity index (χ0n) is 17.0. The molecule has 0 fully saturated rings. The highest BCUT2D eigenvalue weighted by Gasteiger charge is 2.17. The molecule has 0 aliphatic heterocycles. The molecule has 1 aromatic heterocycles. The number of carbonyl (C=O) groups is 2. The van der Waals surface area contributed by atoms with Crippen LogP contribution in [0.5, 0.6) is 0 Å². The van der Waals surface area contributed by atoms with Gasteiger partial charge in [-0.2, -0.15) is 0 Å². The number of hydrogen-bond donors (Lipinski definition) is 2. The summed E-state index contributed by atoms with van der Waals surface area (Å²) in [4.78, 5) is 24.8. The summed E-state index contributed by atoms with van der Waals surface area (Å²) in [6.07, 6.45) is 1.71. The summed E-state index contributed by atoms with van der Waals surface area (Å²) in [6, 6.07) is 14.6. The summed E-state index contributed by atoms with van der Waals surface area (Å²) >= 11 is 7.34. The average Bonchev–Trinajstić information content (AvgIpc) is 3.11. The number of para-hydroxylation sites is 2. The lowest BCUT2D eigenvalue weighted by Crippen LogP contribution is -2.18. The van der Waals surface area contributed by atoms with Gasteiger partial charge in [-0.15, -0.1) is 16.8 Å². The topological polar surface area (TPSA) is 88.9 Å². The molecule has 0 aliphatic carbocycles. The number of nitrogens with one attached hydrogen (secondary N) is 2. The Kier molecular flexibility index (Phi) is 7.86. The van der Waals surface area contributed by atoms with Crippen LogP contribution in [0.25, 0.3) is 0 Å². The fraction of sp³-hybridized carbons (Fsp3) is 0.182. The monoisotopic (exact) mass is 455 g/mol. The Balaban J connectivity index is 1.63. The lowest BCUT2D eigenvalue weighted by molar-refractivity contribution is -0.116. The quantitative estimate of drug-likeness (QED) is 0.370. The minimum absolute atomic E-state index is 0.0159. The molecule has 160 valence electrons. The van der Waals surface area contributed by atoms with E-state index >= 15 is 0 Å². The van der Waals surface area contributed by atoms with Crippen molar-refractivity contribution in [1.29, 1.82) is 0 Å². The van der Waals surface area contributed by atoms with Crippen molar-refractivity contribution in [2.45, 2.75) is 25.0 Å². The number of amides is 2. The number of benzene rings is 2. The molecule has 0 saturated heterocycles. The van der Waals surface area contributed by atoms with Crippen LogP contribution in [0.4, 0.5) is 11.4 Å². The van der Waals surface area contributed by atoms with Gasteiger partial charge in [0.1, 0.15) is 5.82 Å². The Hall–Kier alpha value is -3.10. The minimum Gasteiger partial charge on any atom is -0.325 e. The van der Waals surface area contributed by atoms with Crippen LogP contribution >= 0.6 is 23.4 Å². The Morgan fingerprint density at radius 3 is 2.45 bits per heavy atom. The molecule has 0 unspecified atom stereocenters. The van der Waals surface area contributed by atoms with Crippen molar-refractivity contribution in [3.05, 3.63) is 77.6 Å². The van der Waals surface area contributed by atoms with Crippen molar-refractivity contribution in [3.63, 3.8) is 0 Å². The van der Waals surface area contributed by atoms with Crippen molar-refractivity contribution in [2.24, 2.45) is 0 Å². The second-order valence-electron chi connectivity index (χ2n) is 6.65. The predicted molar refractivity (Wildman–Crippen MR) is 125 cm³/mol. The zero-order valence-corrected chi connectivity index (χ0v) is 18.5. The van der Waals surface area contributed by atoms with Crippen molar-refractivity contribution >= 4 is 46.6 Å².